The zero-order valence-corrected chi connectivity index (χ0v) is 7.33. The topological polar surface area (TPSA) is 17.8 Å². The van der Waals surface area contributed by atoms with Gasteiger partial charge in [-0.1, -0.05) is 33.3 Å². The molecule has 0 N–H and O–H groups in total. The first-order valence-electron chi connectivity index (χ1n) is 3.95. The Kier molecular flexibility index (Phi) is 6.39. The minimum Gasteiger partial charge on any atom is -0.314 e. The van der Waals surface area contributed by atoms with Gasteiger partial charge in [-0.2, -0.15) is 0 Å². The molecule has 0 bridgehead atoms. The van der Waals surface area contributed by atoms with E-state index in [1.165, 1.54) is 12.8 Å². The standard InChI is InChI=1S/C5H6N2.C4H10/c1-2-7-4-3-6-5-7;1-3-4-2/h2-5H,1H2;3-4H2,1-2H3. The normalized spacial score (nSPS) is 8.18. The van der Waals surface area contributed by atoms with Crippen LogP contribution in [0.25, 0.3) is 6.20 Å². The first-order chi connectivity index (χ1) is 5.35. The van der Waals surface area contributed by atoms with Crippen molar-refractivity contribution in [1.82, 2.24) is 9.55 Å². The summed E-state index contributed by atoms with van der Waals surface area (Å²) in [4.78, 5) is 3.78. The molecule has 0 amide bonds. The lowest BCUT2D eigenvalue weighted by Gasteiger charge is -1.80. The highest BCUT2D eigenvalue weighted by Gasteiger charge is 1.73. The van der Waals surface area contributed by atoms with Gasteiger partial charge in [0.05, 0.1) is 6.33 Å². The molecule has 0 spiro atoms. The molecule has 1 aromatic rings. The molecule has 0 unspecified atom stereocenters. The maximum atomic E-state index is 3.78. The van der Waals surface area contributed by atoms with E-state index in [4.69, 9.17) is 0 Å². The molecule has 11 heavy (non-hydrogen) atoms. The van der Waals surface area contributed by atoms with E-state index in [9.17, 15) is 0 Å². The monoisotopic (exact) mass is 152 g/mol. The van der Waals surface area contributed by atoms with Crippen LogP contribution in [-0.2, 0) is 0 Å². The highest BCUT2D eigenvalue weighted by atomic mass is 15.0. The second kappa shape index (κ2) is 7.06. The van der Waals surface area contributed by atoms with Crippen molar-refractivity contribution in [2.75, 3.05) is 0 Å². The number of rotatable bonds is 2. The van der Waals surface area contributed by atoms with E-state index in [0.717, 1.165) is 0 Å². The van der Waals surface area contributed by atoms with Crippen molar-refractivity contribution in [3.63, 3.8) is 0 Å². The van der Waals surface area contributed by atoms with Gasteiger partial charge in [-0.25, -0.2) is 4.98 Å². The van der Waals surface area contributed by atoms with E-state index < -0.39 is 0 Å². The number of hydrogen-bond acceptors (Lipinski definition) is 1. The van der Waals surface area contributed by atoms with Crippen LogP contribution in [0.4, 0.5) is 0 Å². The summed E-state index contributed by atoms with van der Waals surface area (Å²) in [7, 11) is 0. The Morgan fingerprint density at radius 2 is 2.09 bits per heavy atom. The van der Waals surface area contributed by atoms with Crippen molar-refractivity contribution in [1.29, 1.82) is 0 Å². The number of nitrogens with zero attached hydrogens (tertiary/aromatic N) is 2. The lowest BCUT2D eigenvalue weighted by atomic mass is 10.4. The zero-order valence-electron chi connectivity index (χ0n) is 7.33. The second-order valence-electron chi connectivity index (χ2n) is 2.19. The van der Waals surface area contributed by atoms with Gasteiger partial charge >= 0.3 is 0 Å². The third-order valence-corrected chi connectivity index (χ3v) is 1.24. The molecular weight excluding hydrogens is 136 g/mol. The van der Waals surface area contributed by atoms with Crippen molar-refractivity contribution < 1.29 is 0 Å². The van der Waals surface area contributed by atoms with Crippen LogP contribution in [0.15, 0.2) is 25.3 Å². The lowest BCUT2D eigenvalue weighted by Crippen LogP contribution is -1.73. The minimum atomic E-state index is 1.32. The molecular formula is C9H16N2. The molecule has 62 valence electrons. The summed E-state index contributed by atoms with van der Waals surface area (Å²) in [5.74, 6) is 0. The molecule has 1 rings (SSSR count). The maximum absolute atomic E-state index is 3.78. The van der Waals surface area contributed by atoms with Gasteiger partial charge in [0.2, 0.25) is 0 Å². The Bertz CT molecular complexity index is 164. The van der Waals surface area contributed by atoms with Crippen LogP contribution in [0.3, 0.4) is 0 Å². The number of imidazole rings is 1. The summed E-state index contributed by atoms with van der Waals surface area (Å²) in [5.41, 5.74) is 0. The average molecular weight is 152 g/mol. The molecule has 0 aliphatic rings. The molecule has 1 aromatic heterocycles. The van der Waals surface area contributed by atoms with Crippen molar-refractivity contribution in [2.45, 2.75) is 26.7 Å². The SMILES string of the molecule is C=Cn1ccnc1.CCCC. The van der Waals surface area contributed by atoms with Crippen LogP contribution >= 0.6 is 0 Å². The molecule has 0 radical (unpaired) electrons. The van der Waals surface area contributed by atoms with E-state index in [0.29, 0.717) is 0 Å². The maximum Gasteiger partial charge on any atom is 0.0986 e. The summed E-state index contributed by atoms with van der Waals surface area (Å²) >= 11 is 0. The molecule has 0 saturated carbocycles. The van der Waals surface area contributed by atoms with E-state index in [-0.39, 0.29) is 0 Å². The van der Waals surface area contributed by atoms with Gasteiger partial charge in [0.1, 0.15) is 0 Å². The van der Waals surface area contributed by atoms with E-state index in [1.807, 2.05) is 6.20 Å². The van der Waals surface area contributed by atoms with Gasteiger partial charge in [0.15, 0.2) is 0 Å². The van der Waals surface area contributed by atoms with Gasteiger partial charge in [0.25, 0.3) is 0 Å². The minimum absolute atomic E-state index is 1.32. The fourth-order valence-electron chi connectivity index (χ4n) is 0.377. The van der Waals surface area contributed by atoms with Crippen molar-refractivity contribution in [3.05, 3.63) is 25.3 Å². The van der Waals surface area contributed by atoms with Crippen molar-refractivity contribution in [3.8, 4) is 0 Å². The molecule has 1 heterocycles. The first-order valence-corrected chi connectivity index (χ1v) is 3.95. The molecule has 0 aromatic carbocycles. The smallest absolute Gasteiger partial charge is 0.0986 e. The average Bonchev–Trinajstić information content (AvgIpc) is 2.56. The molecule has 0 fully saturated rings. The van der Waals surface area contributed by atoms with Crippen LogP contribution in [0, 0.1) is 0 Å². The summed E-state index contributed by atoms with van der Waals surface area (Å²) < 4.78 is 1.78. The number of hydrogen-bond donors (Lipinski definition) is 0. The van der Waals surface area contributed by atoms with E-state index in [1.54, 1.807) is 23.3 Å². The van der Waals surface area contributed by atoms with Crippen LogP contribution < -0.4 is 0 Å². The Morgan fingerprint density at radius 1 is 1.45 bits per heavy atom. The zero-order chi connectivity index (χ0) is 8.53. The Labute approximate surface area is 68.6 Å². The van der Waals surface area contributed by atoms with Gasteiger partial charge in [-0.15, -0.1) is 0 Å². The van der Waals surface area contributed by atoms with Gasteiger partial charge < -0.3 is 4.57 Å². The fourth-order valence-corrected chi connectivity index (χ4v) is 0.377. The van der Waals surface area contributed by atoms with Gasteiger partial charge in [-0.05, 0) is 0 Å². The summed E-state index contributed by atoms with van der Waals surface area (Å²) in [5, 5.41) is 0. The van der Waals surface area contributed by atoms with Crippen LogP contribution in [0.5, 0.6) is 0 Å². The number of aromatic nitrogens is 2. The third-order valence-electron chi connectivity index (χ3n) is 1.24. The molecule has 0 atom stereocenters. The van der Waals surface area contributed by atoms with E-state index in [2.05, 4.69) is 25.4 Å². The molecule has 2 heteroatoms. The third kappa shape index (κ3) is 5.40. The Hall–Kier alpha value is -1.05. The van der Waals surface area contributed by atoms with E-state index >= 15 is 0 Å². The van der Waals surface area contributed by atoms with Crippen LogP contribution in [0.2, 0.25) is 0 Å². The lowest BCUT2D eigenvalue weighted by molar-refractivity contribution is 0.886. The first kappa shape index (κ1) is 9.95. The molecule has 2 nitrogen and oxygen atoms in total. The Morgan fingerprint density at radius 3 is 2.27 bits per heavy atom. The van der Waals surface area contributed by atoms with Crippen molar-refractivity contribution in [2.24, 2.45) is 0 Å². The van der Waals surface area contributed by atoms with Crippen LogP contribution in [-0.4, -0.2) is 9.55 Å². The van der Waals surface area contributed by atoms with Crippen molar-refractivity contribution >= 4 is 6.20 Å². The largest absolute Gasteiger partial charge is 0.314 e. The summed E-state index contributed by atoms with van der Waals surface area (Å²) in [6, 6.07) is 0. The molecule has 0 aliphatic carbocycles. The molecule has 0 aliphatic heterocycles. The summed E-state index contributed by atoms with van der Waals surface area (Å²) in [6.07, 6.45) is 9.55. The second-order valence-corrected chi connectivity index (χ2v) is 2.19. The van der Waals surface area contributed by atoms with Gasteiger partial charge in [-0.3, -0.25) is 0 Å². The fraction of sp³-hybridized carbons (Fsp3) is 0.444. The highest BCUT2D eigenvalue weighted by Crippen LogP contribution is 1.81. The predicted octanol–water partition coefficient (Wildman–Crippen LogP) is 2.79. The highest BCUT2D eigenvalue weighted by molar-refractivity contribution is 5.14. The molecule has 0 saturated heterocycles. The quantitative estimate of drug-likeness (QED) is 0.637. The summed E-state index contributed by atoms with van der Waals surface area (Å²) in [6.45, 7) is 7.89. The predicted molar refractivity (Wildman–Crippen MR) is 49.2 cm³/mol. The van der Waals surface area contributed by atoms with Gasteiger partial charge in [0, 0.05) is 18.6 Å². The Balaban J connectivity index is 0.000000218. The van der Waals surface area contributed by atoms with Crippen LogP contribution in [0.1, 0.15) is 26.7 Å². The number of unbranched alkanes of at least 4 members (excludes halogenated alkanes) is 1.